The number of thiophene rings is 1. The SMILES string of the molecule is CC1(CNS(=O)(=O)c2ccc(C(N)=S)s2)CCCS1. The van der Waals surface area contributed by atoms with Gasteiger partial charge in [-0.1, -0.05) is 12.2 Å². The molecule has 1 aliphatic rings. The Balaban J connectivity index is 2.07. The van der Waals surface area contributed by atoms with E-state index in [1.807, 2.05) is 11.8 Å². The Labute approximate surface area is 127 Å². The summed E-state index contributed by atoms with van der Waals surface area (Å²) >= 11 is 7.77. The van der Waals surface area contributed by atoms with E-state index in [2.05, 4.69) is 11.6 Å². The van der Waals surface area contributed by atoms with E-state index in [0.717, 1.165) is 29.9 Å². The predicted octanol–water partition coefficient (Wildman–Crippen LogP) is 1.95. The highest BCUT2D eigenvalue weighted by molar-refractivity contribution is 8.01. The van der Waals surface area contributed by atoms with E-state index in [0.29, 0.717) is 11.4 Å². The van der Waals surface area contributed by atoms with Crippen LogP contribution in [-0.2, 0) is 10.0 Å². The molecule has 3 N–H and O–H groups in total. The standard InChI is InChI=1S/C11H16N2O2S4/c1-11(5-2-6-17-11)7-13-19(14,15)9-4-3-8(18-9)10(12)16/h3-4,13H,2,5-7H2,1H3,(H2,12,16). The van der Waals surface area contributed by atoms with Crippen molar-refractivity contribution in [2.45, 2.75) is 28.7 Å². The van der Waals surface area contributed by atoms with Gasteiger partial charge in [-0.25, -0.2) is 13.1 Å². The van der Waals surface area contributed by atoms with Gasteiger partial charge in [0.05, 0.1) is 4.88 Å². The highest BCUT2D eigenvalue weighted by Gasteiger charge is 2.31. The summed E-state index contributed by atoms with van der Waals surface area (Å²) in [6.45, 7) is 2.56. The topological polar surface area (TPSA) is 72.2 Å². The molecule has 4 nitrogen and oxygen atoms in total. The Hall–Kier alpha value is -0.150. The lowest BCUT2D eigenvalue weighted by molar-refractivity contribution is 0.554. The smallest absolute Gasteiger partial charge is 0.250 e. The molecule has 1 fully saturated rings. The predicted molar refractivity (Wildman–Crippen MR) is 85.5 cm³/mol. The van der Waals surface area contributed by atoms with Crippen molar-refractivity contribution in [3.8, 4) is 0 Å². The molecule has 0 aromatic carbocycles. The van der Waals surface area contributed by atoms with Gasteiger partial charge in [0.1, 0.15) is 9.20 Å². The Kier molecular flexibility index (Phi) is 4.56. The third-order valence-electron chi connectivity index (χ3n) is 3.03. The third kappa shape index (κ3) is 3.69. The molecule has 1 aromatic heterocycles. The van der Waals surface area contributed by atoms with E-state index >= 15 is 0 Å². The van der Waals surface area contributed by atoms with Gasteiger partial charge in [0.25, 0.3) is 0 Å². The van der Waals surface area contributed by atoms with Crippen molar-refractivity contribution < 1.29 is 8.42 Å². The summed E-state index contributed by atoms with van der Waals surface area (Å²) in [6.07, 6.45) is 2.19. The van der Waals surface area contributed by atoms with Crippen LogP contribution in [0.4, 0.5) is 0 Å². The molecule has 8 heteroatoms. The number of thioether (sulfide) groups is 1. The fourth-order valence-corrected chi connectivity index (χ4v) is 5.79. The quantitative estimate of drug-likeness (QED) is 0.804. The third-order valence-corrected chi connectivity index (χ3v) is 7.92. The van der Waals surface area contributed by atoms with Crippen molar-refractivity contribution in [1.29, 1.82) is 0 Å². The van der Waals surface area contributed by atoms with E-state index in [1.54, 1.807) is 12.1 Å². The monoisotopic (exact) mass is 336 g/mol. The molecule has 1 aromatic rings. The van der Waals surface area contributed by atoms with Crippen LogP contribution in [0.3, 0.4) is 0 Å². The number of sulfonamides is 1. The van der Waals surface area contributed by atoms with Crippen molar-refractivity contribution in [3.05, 3.63) is 17.0 Å². The fraction of sp³-hybridized carbons (Fsp3) is 0.545. The number of nitrogens with one attached hydrogen (secondary N) is 1. The van der Waals surface area contributed by atoms with Crippen LogP contribution in [0.25, 0.3) is 0 Å². The minimum absolute atomic E-state index is 0.0102. The van der Waals surface area contributed by atoms with E-state index < -0.39 is 10.0 Å². The van der Waals surface area contributed by atoms with Gasteiger partial charge in [0.15, 0.2) is 0 Å². The Morgan fingerprint density at radius 3 is 2.84 bits per heavy atom. The molecule has 1 aliphatic heterocycles. The lowest BCUT2D eigenvalue weighted by atomic mass is 10.1. The van der Waals surface area contributed by atoms with Gasteiger partial charge in [-0.2, -0.15) is 11.8 Å². The summed E-state index contributed by atoms with van der Waals surface area (Å²) in [4.78, 5) is 0.849. The summed E-state index contributed by atoms with van der Waals surface area (Å²) < 4.78 is 27.3. The first-order chi connectivity index (χ1) is 8.82. The minimum Gasteiger partial charge on any atom is -0.389 e. The second-order valence-electron chi connectivity index (χ2n) is 4.71. The van der Waals surface area contributed by atoms with Crippen LogP contribution >= 0.6 is 35.3 Å². The number of nitrogens with two attached hydrogens (primary N) is 1. The molecule has 106 valence electrons. The normalized spacial score (nSPS) is 23.6. The summed E-state index contributed by atoms with van der Waals surface area (Å²) in [5.74, 6) is 1.10. The number of thiocarbonyl (C=S) groups is 1. The van der Waals surface area contributed by atoms with Crippen molar-refractivity contribution >= 4 is 50.3 Å². The van der Waals surface area contributed by atoms with E-state index in [9.17, 15) is 8.42 Å². The highest BCUT2D eigenvalue weighted by Crippen LogP contribution is 2.37. The van der Waals surface area contributed by atoms with Gasteiger partial charge in [0, 0.05) is 11.3 Å². The largest absolute Gasteiger partial charge is 0.389 e. The van der Waals surface area contributed by atoms with E-state index in [-0.39, 0.29) is 13.9 Å². The molecule has 0 aliphatic carbocycles. The first-order valence-corrected chi connectivity index (χ1v) is 9.55. The summed E-state index contributed by atoms with van der Waals surface area (Å²) in [5, 5.41) is 0. The first kappa shape index (κ1) is 15.2. The molecule has 0 bridgehead atoms. The molecular formula is C11H16N2O2S4. The van der Waals surface area contributed by atoms with Crippen molar-refractivity contribution in [1.82, 2.24) is 4.72 Å². The highest BCUT2D eigenvalue weighted by atomic mass is 32.2. The summed E-state index contributed by atoms with van der Waals surface area (Å²) in [6, 6.07) is 3.19. The van der Waals surface area contributed by atoms with Crippen LogP contribution in [0, 0.1) is 0 Å². The van der Waals surface area contributed by atoms with Gasteiger partial charge in [-0.05, 0) is 37.7 Å². The molecule has 0 amide bonds. The first-order valence-electron chi connectivity index (χ1n) is 5.86. The summed E-state index contributed by atoms with van der Waals surface area (Å²) in [7, 11) is -3.46. The number of hydrogen-bond acceptors (Lipinski definition) is 5. The minimum atomic E-state index is -3.46. The van der Waals surface area contributed by atoms with Gasteiger partial charge in [-0.15, -0.1) is 11.3 Å². The second-order valence-corrected chi connectivity index (χ2v) is 9.91. The lowest BCUT2D eigenvalue weighted by Gasteiger charge is -2.22. The molecule has 0 saturated carbocycles. The maximum atomic E-state index is 12.2. The Morgan fingerprint density at radius 1 is 1.58 bits per heavy atom. The van der Waals surface area contributed by atoms with Gasteiger partial charge in [0.2, 0.25) is 10.0 Å². The molecule has 1 unspecified atom stereocenters. The average molecular weight is 337 g/mol. The van der Waals surface area contributed by atoms with Crippen molar-refractivity contribution in [2.24, 2.45) is 5.73 Å². The van der Waals surface area contributed by atoms with E-state index in [4.69, 9.17) is 18.0 Å². The van der Waals surface area contributed by atoms with E-state index in [1.165, 1.54) is 0 Å². The zero-order valence-corrected chi connectivity index (χ0v) is 13.8. The number of hydrogen-bond donors (Lipinski definition) is 2. The molecule has 0 spiro atoms. The molecule has 1 saturated heterocycles. The lowest BCUT2D eigenvalue weighted by Crippen LogP contribution is -2.36. The van der Waals surface area contributed by atoms with Gasteiger partial charge in [-0.3, -0.25) is 0 Å². The van der Waals surface area contributed by atoms with Gasteiger partial charge < -0.3 is 5.73 Å². The van der Waals surface area contributed by atoms with Crippen LogP contribution in [0.2, 0.25) is 0 Å². The van der Waals surface area contributed by atoms with Gasteiger partial charge >= 0.3 is 0 Å². The second kappa shape index (κ2) is 5.69. The van der Waals surface area contributed by atoms with Crippen LogP contribution in [0.1, 0.15) is 24.6 Å². The zero-order chi connectivity index (χ0) is 14.1. The molecule has 0 radical (unpaired) electrons. The molecule has 1 atom stereocenters. The van der Waals surface area contributed by atoms with Crippen molar-refractivity contribution in [2.75, 3.05) is 12.3 Å². The molecule has 2 heterocycles. The van der Waals surface area contributed by atoms with Crippen molar-refractivity contribution in [3.63, 3.8) is 0 Å². The average Bonchev–Trinajstić information content (AvgIpc) is 2.96. The maximum absolute atomic E-state index is 12.2. The van der Waals surface area contributed by atoms with Crippen LogP contribution in [0.5, 0.6) is 0 Å². The Bertz CT molecular complexity index is 573. The molecular weight excluding hydrogens is 320 g/mol. The zero-order valence-electron chi connectivity index (χ0n) is 10.5. The fourth-order valence-electron chi connectivity index (χ4n) is 1.89. The number of rotatable bonds is 5. The van der Waals surface area contributed by atoms with Crippen LogP contribution in [0.15, 0.2) is 16.3 Å². The molecule has 19 heavy (non-hydrogen) atoms. The Morgan fingerprint density at radius 2 is 2.32 bits per heavy atom. The van der Waals surface area contributed by atoms with Crippen LogP contribution < -0.4 is 10.5 Å². The molecule has 2 rings (SSSR count). The maximum Gasteiger partial charge on any atom is 0.250 e. The summed E-state index contributed by atoms with van der Waals surface area (Å²) in [5.41, 5.74) is 5.49. The van der Waals surface area contributed by atoms with Crippen LogP contribution in [-0.4, -0.2) is 30.5 Å².